The fourth-order valence-electron chi connectivity index (χ4n) is 3.75. The number of halogens is 2. The van der Waals surface area contributed by atoms with E-state index in [0.717, 1.165) is 5.39 Å². The van der Waals surface area contributed by atoms with E-state index in [1.54, 1.807) is 36.7 Å². The molecule has 174 valence electrons. The molecule has 0 bridgehead atoms. The molecule has 0 aliphatic carbocycles. The maximum atomic E-state index is 13.6. The van der Waals surface area contributed by atoms with Crippen LogP contribution in [0.2, 0.25) is 5.02 Å². The van der Waals surface area contributed by atoms with Gasteiger partial charge in [0.25, 0.3) is 5.91 Å². The SMILES string of the molecule is C[C@@H](NC(=O)c1nc(-c2cc(Cl)c3[nH]ncc3c2)c(-c2ccc(F)cc2)nc1N)c1ccccn1. The van der Waals surface area contributed by atoms with Gasteiger partial charge in [0.1, 0.15) is 5.82 Å². The van der Waals surface area contributed by atoms with Crippen LogP contribution in [-0.2, 0) is 0 Å². The van der Waals surface area contributed by atoms with Crippen molar-refractivity contribution in [1.82, 2.24) is 30.5 Å². The summed E-state index contributed by atoms with van der Waals surface area (Å²) in [6, 6.07) is 14.4. The Bertz CT molecular complexity index is 1540. The first-order chi connectivity index (χ1) is 16.9. The van der Waals surface area contributed by atoms with Crippen LogP contribution in [0.3, 0.4) is 0 Å². The van der Waals surface area contributed by atoms with Gasteiger partial charge < -0.3 is 11.1 Å². The minimum Gasteiger partial charge on any atom is -0.382 e. The summed E-state index contributed by atoms with van der Waals surface area (Å²) in [5.41, 5.74) is 9.44. The summed E-state index contributed by atoms with van der Waals surface area (Å²) in [7, 11) is 0. The summed E-state index contributed by atoms with van der Waals surface area (Å²) in [6.07, 6.45) is 3.28. The van der Waals surface area contributed by atoms with E-state index in [1.807, 2.05) is 25.1 Å². The molecule has 1 atom stereocenters. The molecule has 3 aromatic heterocycles. The van der Waals surface area contributed by atoms with Crippen molar-refractivity contribution in [3.8, 4) is 22.5 Å². The molecule has 2 aromatic carbocycles. The van der Waals surface area contributed by atoms with E-state index >= 15 is 0 Å². The number of amides is 1. The number of nitrogens with one attached hydrogen (secondary N) is 2. The Morgan fingerprint density at radius 1 is 1.09 bits per heavy atom. The molecule has 10 heteroatoms. The largest absolute Gasteiger partial charge is 0.382 e. The van der Waals surface area contributed by atoms with Gasteiger partial charge in [-0.2, -0.15) is 5.10 Å². The smallest absolute Gasteiger partial charge is 0.274 e. The van der Waals surface area contributed by atoms with Crippen LogP contribution in [-0.4, -0.2) is 31.1 Å². The maximum Gasteiger partial charge on any atom is 0.274 e. The fourth-order valence-corrected chi connectivity index (χ4v) is 4.02. The molecule has 35 heavy (non-hydrogen) atoms. The summed E-state index contributed by atoms with van der Waals surface area (Å²) in [6.45, 7) is 1.81. The van der Waals surface area contributed by atoms with Crippen molar-refractivity contribution in [2.45, 2.75) is 13.0 Å². The number of rotatable bonds is 5. The number of nitrogens with two attached hydrogens (primary N) is 1. The first kappa shape index (κ1) is 22.4. The van der Waals surface area contributed by atoms with Crippen LogP contribution in [0.25, 0.3) is 33.4 Å². The lowest BCUT2D eigenvalue weighted by molar-refractivity contribution is 0.0935. The molecule has 0 saturated heterocycles. The number of carbonyl (C=O) groups excluding carboxylic acids is 1. The Balaban J connectivity index is 1.63. The van der Waals surface area contributed by atoms with Crippen molar-refractivity contribution in [3.05, 3.63) is 89.2 Å². The van der Waals surface area contributed by atoms with Crippen molar-refractivity contribution in [1.29, 1.82) is 0 Å². The number of pyridine rings is 1. The Labute approximate surface area is 204 Å². The van der Waals surface area contributed by atoms with Gasteiger partial charge in [0, 0.05) is 22.7 Å². The van der Waals surface area contributed by atoms with Crippen LogP contribution in [0.1, 0.15) is 29.1 Å². The number of nitrogens with zero attached hydrogens (tertiary/aromatic N) is 4. The number of H-pyrrole nitrogens is 1. The van der Waals surface area contributed by atoms with Gasteiger partial charge in [0.15, 0.2) is 11.5 Å². The zero-order valence-corrected chi connectivity index (χ0v) is 19.2. The normalized spacial score (nSPS) is 12.0. The number of anilines is 1. The average molecular weight is 488 g/mol. The van der Waals surface area contributed by atoms with Gasteiger partial charge >= 0.3 is 0 Å². The minimum absolute atomic E-state index is 0.0444. The van der Waals surface area contributed by atoms with Crippen LogP contribution >= 0.6 is 11.6 Å². The summed E-state index contributed by atoms with van der Waals surface area (Å²) in [5.74, 6) is -0.955. The molecule has 0 radical (unpaired) electrons. The quantitative estimate of drug-likeness (QED) is 0.322. The molecule has 0 aliphatic rings. The first-order valence-corrected chi connectivity index (χ1v) is 11.1. The number of nitrogen functional groups attached to an aromatic ring is 1. The van der Waals surface area contributed by atoms with Crippen LogP contribution < -0.4 is 11.1 Å². The molecule has 1 amide bonds. The van der Waals surface area contributed by atoms with Gasteiger partial charge in [-0.15, -0.1) is 0 Å². The summed E-state index contributed by atoms with van der Waals surface area (Å²) < 4.78 is 13.6. The molecule has 0 saturated carbocycles. The number of benzene rings is 2. The zero-order valence-electron chi connectivity index (χ0n) is 18.5. The Hall–Kier alpha value is -4.37. The lowest BCUT2D eigenvalue weighted by Gasteiger charge is -2.16. The summed E-state index contributed by atoms with van der Waals surface area (Å²) in [4.78, 5) is 26.5. The monoisotopic (exact) mass is 487 g/mol. The number of aromatic nitrogens is 5. The molecule has 3 heterocycles. The molecule has 0 fully saturated rings. The van der Waals surface area contributed by atoms with Crippen molar-refractivity contribution >= 4 is 34.2 Å². The van der Waals surface area contributed by atoms with Crippen LogP contribution in [0.15, 0.2) is 67.0 Å². The number of fused-ring (bicyclic) bond motifs is 1. The van der Waals surface area contributed by atoms with Crippen LogP contribution in [0, 0.1) is 5.82 Å². The van der Waals surface area contributed by atoms with Gasteiger partial charge in [-0.25, -0.2) is 14.4 Å². The Kier molecular flexibility index (Phi) is 5.84. The molecular weight excluding hydrogens is 469 g/mol. The highest BCUT2D eigenvalue weighted by molar-refractivity contribution is 6.35. The lowest BCUT2D eigenvalue weighted by Crippen LogP contribution is -2.29. The van der Waals surface area contributed by atoms with E-state index in [9.17, 15) is 9.18 Å². The van der Waals surface area contributed by atoms with E-state index in [4.69, 9.17) is 17.3 Å². The topological polar surface area (TPSA) is 122 Å². The predicted octanol–water partition coefficient (Wildman–Crippen LogP) is 4.95. The molecule has 0 unspecified atom stereocenters. The second-order valence-electron chi connectivity index (χ2n) is 7.90. The van der Waals surface area contributed by atoms with Gasteiger partial charge in [-0.1, -0.05) is 17.7 Å². The molecule has 4 N–H and O–H groups in total. The van der Waals surface area contributed by atoms with Crippen LogP contribution in [0.4, 0.5) is 10.2 Å². The molecular formula is C25H19ClFN7O. The molecule has 0 spiro atoms. The number of hydrogen-bond acceptors (Lipinski definition) is 6. The molecule has 5 rings (SSSR count). The van der Waals surface area contributed by atoms with Gasteiger partial charge in [-0.3, -0.25) is 14.9 Å². The number of carbonyl (C=O) groups is 1. The van der Waals surface area contributed by atoms with Crippen LogP contribution in [0.5, 0.6) is 0 Å². The molecule has 5 aromatic rings. The van der Waals surface area contributed by atoms with E-state index < -0.39 is 11.7 Å². The second-order valence-corrected chi connectivity index (χ2v) is 8.31. The van der Waals surface area contributed by atoms with E-state index in [2.05, 4.69) is 30.5 Å². The van der Waals surface area contributed by atoms with Crippen molar-refractivity contribution < 1.29 is 9.18 Å². The van der Waals surface area contributed by atoms with Crippen molar-refractivity contribution in [2.75, 3.05) is 5.73 Å². The van der Waals surface area contributed by atoms with E-state index in [1.165, 1.54) is 12.1 Å². The molecule has 8 nitrogen and oxygen atoms in total. The highest BCUT2D eigenvalue weighted by Crippen LogP contribution is 2.35. The third-order valence-corrected chi connectivity index (χ3v) is 5.81. The van der Waals surface area contributed by atoms with Crippen molar-refractivity contribution in [2.24, 2.45) is 0 Å². The summed E-state index contributed by atoms with van der Waals surface area (Å²) >= 11 is 6.46. The van der Waals surface area contributed by atoms with Gasteiger partial charge in [-0.05, 0) is 55.5 Å². The summed E-state index contributed by atoms with van der Waals surface area (Å²) in [5, 5.41) is 10.9. The number of hydrogen-bond donors (Lipinski definition) is 3. The van der Waals surface area contributed by atoms with E-state index in [-0.39, 0.29) is 17.6 Å². The van der Waals surface area contributed by atoms with Crippen molar-refractivity contribution in [3.63, 3.8) is 0 Å². The lowest BCUT2D eigenvalue weighted by atomic mass is 10.0. The first-order valence-electron chi connectivity index (χ1n) is 10.7. The average Bonchev–Trinajstić information content (AvgIpc) is 3.34. The van der Waals surface area contributed by atoms with Gasteiger partial charge in [0.05, 0.1) is 39.9 Å². The zero-order chi connectivity index (χ0) is 24.5. The standard InChI is InChI=1S/C25H19ClFN7O/c1-13(19-4-2-3-9-29-19)31-25(35)23-24(28)33-21(14-5-7-17(27)8-6-14)22(32-23)15-10-16-12-30-34-20(16)18(26)11-15/h2-13H,1H3,(H2,28,33)(H,30,34)(H,31,35)/t13-/m1/s1. The predicted molar refractivity (Wildman–Crippen MR) is 132 cm³/mol. The maximum absolute atomic E-state index is 13.6. The second kappa shape index (κ2) is 9.11. The van der Waals surface area contributed by atoms with Gasteiger partial charge in [0.2, 0.25) is 0 Å². The Morgan fingerprint density at radius 2 is 1.86 bits per heavy atom. The highest BCUT2D eigenvalue weighted by Gasteiger charge is 2.22. The number of aromatic amines is 1. The highest BCUT2D eigenvalue weighted by atomic mass is 35.5. The Morgan fingerprint density at radius 3 is 2.60 bits per heavy atom. The van der Waals surface area contributed by atoms with E-state index in [0.29, 0.717) is 38.7 Å². The fraction of sp³-hybridized carbons (Fsp3) is 0.0800. The third kappa shape index (κ3) is 4.41. The molecule has 0 aliphatic heterocycles. The minimum atomic E-state index is -0.504. The third-order valence-electron chi connectivity index (χ3n) is 5.51.